The quantitative estimate of drug-likeness (QED) is 0.827. The third-order valence-electron chi connectivity index (χ3n) is 3.57. The van der Waals surface area contributed by atoms with E-state index in [4.69, 9.17) is 5.73 Å². The number of para-hydroxylation sites is 1. The molecule has 2 aromatic carbocycles. The Balaban J connectivity index is 2.46. The van der Waals surface area contributed by atoms with Crippen molar-refractivity contribution in [3.63, 3.8) is 0 Å². The number of hydrogen-bond acceptors (Lipinski definition) is 2. The van der Waals surface area contributed by atoms with Gasteiger partial charge in [0.25, 0.3) is 0 Å². The highest BCUT2D eigenvalue weighted by atomic mass is 19.1. The van der Waals surface area contributed by atoms with Crippen LogP contribution in [0, 0.1) is 5.82 Å². The van der Waals surface area contributed by atoms with Gasteiger partial charge < -0.3 is 10.6 Å². The Morgan fingerprint density at radius 3 is 2.48 bits per heavy atom. The first-order valence-corrected chi connectivity index (χ1v) is 7.51. The molecule has 0 amide bonds. The Labute approximate surface area is 126 Å². The number of halogens is 1. The summed E-state index contributed by atoms with van der Waals surface area (Å²) in [6, 6.07) is 14.9. The van der Waals surface area contributed by atoms with E-state index in [1.165, 1.54) is 6.07 Å². The summed E-state index contributed by atoms with van der Waals surface area (Å²) in [5.74, 6) is -0.241. The van der Waals surface area contributed by atoms with E-state index < -0.39 is 0 Å². The molecule has 0 aromatic heterocycles. The Kier molecular flexibility index (Phi) is 5.34. The number of benzene rings is 2. The number of unbranched alkanes of at least 4 members (excludes halogenated alkanes) is 1. The average molecular weight is 286 g/mol. The highest BCUT2D eigenvalue weighted by molar-refractivity contribution is 5.67. The molecule has 0 aliphatic carbocycles. The molecule has 0 bridgehead atoms. The second kappa shape index (κ2) is 7.23. The van der Waals surface area contributed by atoms with Crippen LogP contribution in [0.25, 0.3) is 0 Å². The number of nitrogens with zero attached hydrogens (tertiary/aromatic N) is 1. The van der Waals surface area contributed by atoms with Gasteiger partial charge in [0, 0.05) is 24.0 Å². The Morgan fingerprint density at radius 1 is 1.14 bits per heavy atom. The van der Waals surface area contributed by atoms with Crippen LogP contribution in [0.5, 0.6) is 0 Å². The van der Waals surface area contributed by atoms with Gasteiger partial charge in [0.2, 0.25) is 0 Å². The minimum Gasteiger partial charge on any atom is -0.341 e. The highest BCUT2D eigenvalue weighted by Gasteiger charge is 2.16. The van der Waals surface area contributed by atoms with E-state index in [0.29, 0.717) is 0 Å². The summed E-state index contributed by atoms with van der Waals surface area (Å²) in [5, 5.41) is 0. The molecule has 0 heterocycles. The van der Waals surface area contributed by atoms with Crippen LogP contribution in [0.2, 0.25) is 0 Å². The smallest absolute Gasteiger partial charge is 0.123 e. The minimum absolute atomic E-state index is 0.205. The zero-order valence-corrected chi connectivity index (χ0v) is 12.7. The van der Waals surface area contributed by atoms with Crippen LogP contribution in [-0.2, 0) is 0 Å². The summed E-state index contributed by atoms with van der Waals surface area (Å²) in [7, 11) is 0. The van der Waals surface area contributed by atoms with Crippen LogP contribution in [0.4, 0.5) is 15.8 Å². The van der Waals surface area contributed by atoms with E-state index in [-0.39, 0.29) is 11.9 Å². The molecule has 0 aliphatic rings. The van der Waals surface area contributed by atoms with Gasteiger partial charge in [-0.1, -0.05) is 31.5 Å². The zero-order valence-electron chi connectivity index (χ0n) is 12.7. The van der Waals surface area contributed by atoms with Crippen LogP contribution in [-0.4, -0.2) is 6.54 Å². The number of hydrogen-bond donors (Lipinski definition) is 1. The third kappa shape index (κ3) is 3.82. The SMILES string of the molecule is CCCCN(c1ccccc1)c1ccc(F)cc1[C@H](C)N. The Hall–Kier alpha value is -1.87. The van der Waals surface area contributed by atoms with Gasteiger partial charge in [0.15, 0.2) is 0 Å². The van der Waals surface area contributed by atoms with Crippen LogP contribution in [0.15, 0.2) is 48.5 Å². The lowest BCUT2D eigenvalue weighted by Gasteiger charge is -2.28. The zero-order chi connectivity index (χ0) is 15.2. The van der Waals surface area contributed by atoms with Crippen LogP contribution in [0.3, 0.4) is 0 Å². The van der Waals surface area contributed by atoms with Crippen LogP contribution >= 0.6 is 0 Å². The standard InChI is InChI=1S/C18H23FN2/c1-3-4-12-21(16-8-6-5-7-9-16)18-11-10-15(19)13-17(18)14(2)20/h5-11,13-14H,3-4,12,20H2,1-2H3/t14-/m0/s1. The minimum atomic E-state index is -0.241. The van der Waals surface area contributed by atoms with Crippen molar-refractivity contribution in [1.29, 1.82) is 0 Å². The van der Waals surface area contributed by atoms with Crippen molar-refractivity contribution < 1.29 is 4.39 Å². The predicted octanol–water partition coefficient (Wildman–Crippen LogP) is 4.78. The maximum atomic E-state index is 13.6. The fraction of sp³-hybridized carbons (Fsp3) is 0.333. The highest BCUT2D eigenvalue weighted by Crippen LogP contribution is 2.32. The number of rotatable bonds is 6. The molecule has 0 spiro atoms. The fourth-order valence-electron chi connectivity index (χ4n) is 2.45. The molecule has 3 heteroatoms. The summed E-state index contributed by atoms with van der Waals surface area (Å²) in [4.78, 5) is 2.22. The summed E-state index contributed by atoms with van der Waals surface area (Å²) >= 11 is 0. The van der Waals surface area contributed by atoms with E-state index in [1.54, 1.807) is 6.07 Å². The monoisotopic (exact) mass is 286 g/mol. The number of nitrogens with two attached hydrogens (primary N) is 1. The molecule has 2 rings (SSSR count). The van der Waals surface area contributed by atoms with Crippen LogP contribution < -0.4 is 10.6 Å². The summed E-state index contributed by atoms with van der Waals surface area (Å²) < 4.78 is 13.6. The molecule has 112 valence electrons. The molecular formula is C18H23FN2. The van der Waals surface area contributed by atoms with E-state index >= 15 is 0 Å². The molecule has 1 atom stereocenters. The van der Waals surface area contributed by atoms with Gasteiger partial charge in [0.1, 0.15) is 5.82 Å². The summed E-state index contributed by atoms with van der Waals surface area (Å²) in [6.45, 7) is 4.95. The molecule has 2 N–H and O–H groups in total. The molecule has 2 aromatic rings. The van der Waals surface area contributed by atoms with E-state index in [9.17, 15) is 4.39 Å². The lowest BCUT2D eigenvalue weighted by Crippen LogP contribution is -2.21. The van der Waals surface area contributed by atoms with E-state index in [1.807, 2.05) is 31.2 Å². The molecule has 2 nitrogen and oxygen atoms in total. The molecule has 0 saturated carbocycles. The molecule has 0 radical (unpaired) electrons. The Morgan fingerprint density at radius 2 is 1.86 bits per heavy atom. The van der Waals surface area contributed by atoms with Gasteiger partial charge in [-0.05, 0) is 49.2 Å². The average Bonchev–Trinajstić information content (AvgIpc) is 2.49. The summed E-state index contributed by atoms with van der Waals surface area (Å²) in [5.41, 5.74) is 8.98. The van der Waals surface area contributed by atoms with Crippen molar-refractivity contribution in [2.75, 3.05) is 11.4 Å². The largest absolute Gasteiger partial charge is 0.341 e. The first-order valence-electron chi connectivity index (χ1n) is 7.51. The lowest BCUT2D eigenvalue weighted by atomic mass is 10.0. The summed E-state index contributed by atoms with van der Waals surface area (Å²) in [6.07, 6.45) is 2.18. The van der Waals surface area contributed by atoms with Crippen molar-refractivity contribution >= 4 is 11.4 Å². The Bertz CT molecular complexity index is 567. The predicted molar refractivity (Wildman–Crippen MR) is 87.4 cm³/mol. The molecule has 0 fully saturated rings. The molecule has 0 aliphatic heterocycles. The van der Waals surface area contributed by atoms with Crippen LogP contribution in [0.1, 0.15) is 38.3 Å². The molecular weight excluding hydrogens is 263 g/mol. The molecule has 0 unspecified atom stereocenters. The number of anilines is 2. The van der Waals surface area contributed by atoms with Gasteiger partial charge in [0.05, 0.1) is 0 Å². The third-order valence-corrected chi connectivity index (χ3v) is 3.57. The van der Waals surface area contributed by atoms with Crippen molar-refractivity contribution in [2.45, 2.75) is 32.7 Å². The van der Waals surface area contributed by atoms with Crippen molar-refractivity contribution in [1.82, 2.24) is 0 Å². The molecule has 0 saturated heterocycles. The van der Waals surface area contributed by atoms with Gasteiger partial charge >= 0.3 is 0 Å². The molecule has 21 heavy (non-hydrogen) atoms. The van der Waals surface area contributed by atoms with Gasteiger partial charge in [-0.25, -0.2) is 4.39 Å². The second-order valence-corrected chi connectivity index (χ2v) is 5.33. The van der Waals surface area contributed by atoms with Crippen molar-refractivity contribution in [2.24, 2.45) is 5.73 Å². The van der Waals surface area contributed by atoms with Gasteiger partial charge in [-0.2, -0.15) is 0 Å². The van der Waals surface area contributed by atoms with Crippen molar-refractivity contribution in [3.8, 4) is 0 Å². The maximum absolute atomic E-state index is 13.6. The normalized spacial score (nSPS) is 12.2. The van der Waals surface area contributed by atoms with Crippen molar-refractivity contribution in [3.05, 3.63) is 59.9 Å². The maximum Gasteiger partial charge on any atom is 0.123 e. The van der Waals surface area contributed by atoms with E-state index in [0.717, 1.165) is 36.3 Å². The van der Waals surface area contributed by atoms with Gasteiger partial charge in [-0.15, -0.1) is 0 Å². The first kappa shape index (κ1) is 15.5. The lowest BCUT2D eigenvalue weighted by molar-refractivity contribution is 0.622. The first-order chi connectivity index (χ1) is 10.1. The topological polar surface area (TPSA) is 29.3 Å². The van der Waals surface area contributed by atoms with Gasteiger partial charge in [-0.3, -0.25) is 0 Å². The second-order valence-electron chi connectivity index (χ2n) is 5.33. The fourth-order valence-corrected chi connectivity index (χ4v) is 2.45. The van der Waals surface area contributed by atoms with E-state index in [2.05, 4.69) is 24.0 Å².